The normalized spacial score (nSPS) is 16.1. The van der Waals surface area contributed by atoms with Crippen molar-refractivity contribution in [1.29, 1.82) is 0 Å². The number of rotatable bonds is 6. The van der Waals surface area contributed by atoms with Crippen molar-refractivity contribution in [2.75, 3.05) is 26.8 Å². The second-order valence-corrected chi connectivity index (χ2v) is 5.00. The predicted octanol–water partition coefficient (Wildman–Crippen LogP) is 2.12. The summed E-state index contributed by atoms with van der Waals surface area (Å²) < 4.78 is 10.8. The fraction of sp³-hybridized carbons (Fsp3) is 0.571. The Kier molecular flexibility index (Phi) is 5.31. The van der Waals surface area contributed by atoms with Crippen molar-refractivity contribution in [2.45, 2.75) is 19.4 Å². The number of nitro groups is 1. The number of nitrogens with one attached hydrogen (secondary N) is 1. The molecule has 0 unspecified atom stereocenters. The van der Waals surface area contributed by atoms with Gasteiger partial charge in [0.15, 0.2) is 0 Å². The van der Waals surface area contributed by atoms with E-state index in [9.17, 15) is 10.1 Å². The maximum absolute atomic E-state index is 10.8. The van der Waals surface area contributed by atoms with Crippen molar-refractivity contribution in [3.8, 4) is 5.75 Å². The molecule has 1 aromatic rings. The molecule has 1 saturated heterocycles. The van der Waals surface area contributed by atoms with E-state index in [0.717, 1.165) is 31.5 Å². The average molecular weight is 280 g/mol. The van der Waals surface area contributed by atoms with Gasteiger partial charge in [-0.05, 0) is 43.5 Å². The van der Waals surface area contributed by atoms with Gasteiger partial charge in [-0.3, -0.25) is 10.1 Å². The molecule has 0 saturated carbocycles. The molecule has 6 heteroatoms. The van der Waals surface area contributed by atoms with E-state index in [1.807, 2.05) is 0 Å². The molecule has 1 aliphatic rings. The first kappa shape index (κ1) is 14.7. The van der Waals surface area contributed by atoms with Gasteiger partial charge in [-0.2, -0.15) is 0 Å². The van der Waals surface area contributed by atoms with Crippen LogP contribution in [0.1, 0.15) is 18.4 Å². The third-order valence-electron chi connectivity index (χ3n) is 3.48. The summed E-state index contributed by atoms with van der Waals surface area (Å²) in [6, 6.07) is 4.72. The number of benzene rings is 1. The Morgan fingerprint density at radius 3 is 2.75 bits per heavy atom. The maximum Gasteiger partial charge on any atom is 0.273 e. The minimum Gasteiger partial charge on any atom is -0.496 e. The minimum atomic E-state index is -0.418. The van der Waals surface area contributed by atoms with Crippen LogP contribution in [0.15, 0.2) is 18.2 Å². The number of ether oxygens (including phenoxy) is 2. The van der Waals surface area contributed by atoms with Crippen LogP contribution in [0.25, 0.3) is 0 Å². The molecule has 110 valence electrons. The van der Waals surface area contributed by atoms with Crippen molar-refractivity contribution >= 4 is 5.69 Å². The van der Waals surface area contributed by atoms with Crippen LogP contribution in [-0.4, -0.2) is 31.7 Å². The Hall–Kier alpha value is -1.66. The lowest BCUT2D eigenvalue weighted by Gasteiger charge is -2.22. The highest BCUT2D eigenvalue weighted by Gasteiger charge is 2.14. The number of methoxy groups -OCH3 is 1. The molecule has 20 heavy (non-hydrogen) atoms. The fourth-order valence-electron chi connectivity index (χ4n) is 2.34. The topological polar surface area (TPSA) is 73.6 Å². The lowest BCUT2D eigenvalue weighted by Crippen LogP contribution is -2.29. The summed E-state index contributed by atoms with van der Waals surface area (Å²) in [5, 5.41) is 14.2. The summed E-state index contributed by atoms with van der Waals surface area (Å²) in [6.07, 6.45) is 2.25. The Balaban J connectivity index is 1.91. The highest BCUT2D eigenvalue weighted by molar-refractivity contribution is 5.42. The van der Waals surface area contributed by atoms with Gasteiger partial charge in [-0.15, -0.1) is 0 Å². The quantitative estimate of drug-likeness (QED) is 0.638. The standard InChI is InChI=1S/C14H20N2O4/c1-19-14-7-12(6-13(8-14)16(17)18)10-20-9-11-2-4-15-5-3-11/h6-8,11,15H,2-5,9-10H2,1H3. The van der Waals surface area contributed by atoms with Gasteiger partial charge in [0.25, 0.3) is 5.69 Å². The van der Waals surface area contributed by atoms with Gasteiger partial charge in [0.1, 0.15) is 5.75 Å². The summed E-state index contributed by atoms with van der Waals surface area (Å²) in [4.78, 5) is 10.4. The predicted molar refractivity (Wildman–Crippen MR) is 74.9 cm³/mol. The van der Waals surface area contributed by atoms with Gasteiger partial charge >= 0.3 is 0 Å². The van der Waals surface area contributed by atoms with E-state index in [4.69, 9.17) is 9.47 Å². The molecular weight excluding hydrogens is 260 g/mol. The molecule has 1 heterocycles. The molecule has 2 rings (SSSR count). The summed E-state index contributed by atoms with van der Waals surface area (Å²) in [5.41, 5.74) is 0.801. The molecule has 1 aromatic carbocycles. The molecule has 1 N–H and O–H groups in total. The third kappa shape index (κ3) is 4.18. The Morgan fingerprint density at radius 1 is 1.35 bits per heavy atom. The zero-order valence-electron chi connectivity index (χ0n) is 11.6. The van der Waals surface area contributed by atoms with Crippen molar-refractivity contribution in [2.24, 2.45) is 5.92 Å². The SMILES string of the molecule is COc1cc(COCC2CCNCC2)cc([N+](=O)[O-])c1. The van der Waals surface area contributed by atoms with Crippen molar-refractivity contribution in [1.82, 2.24) is 5.32 Å². The molecule has 0 radical (unpaired) electrons. The molecule has 1 aliphatic heterocycles. The summed E-state index contributed by atoms with van der Waals surface area (Å²) in [7, 11) is 1.50. The van der Waals surface area contributed by atoms with Gasteiger partial charge in [0, 0.05) is 12.7 Å². The average Bonchev–Trinajstić information content (AvgIpc) is 2.48. The van der Waals surface area contributed by atoms with E-state index >= 15 is 0 Å². The first-order valence-corrected chi connectivity index (χ1v) is 6.80. The smallest absolute Gasteiger partial charge is 0.273 e. The van der Waals surface area contributed by atoms with E-state index in [0.29, 0.717) is 24.9 Å². The number of hydrogen-bond donors (Lipinski definition) is 1. The zero-order chi connectivity index (χ0) is 14.4. The van der Waals surface area contributed by atoms with E-state index in [1.165, 1.54) is 19.2 Å². The summed E-state index contributed by atoms with van der Waals surface area (Å²) >= 11 is 0. The van der Waals surface area contributed by atoms with Crippen LogP contribution >= 0.6 is 0 Å². The first-order valence-electron chi connectivity index (χ1n) is 6.80. The Morgan fingerprint density at radius 2 is 2.10 bits per heavy atom. The third-order valence-corrected chi connectivity index (χ3v) is 3.48. The Labute approximate surface area is 118 Å². The molecule has 0 aliphatic carbocycles. The lowest BCUT2D eigenvalue weighted by molar-refractivity contribution is -0.385. The van der Waals surface area contributed by atoms with Crippen LogP contribution in [0.5, 0.6) is 5.75 Å². The molecule has 0 aromatic heterocycles. The maximum atomic E-state index is 10.8. The number of piperidine rings is 1. The lowest BCUT2D eigenvalue weighted by atomic mass is 9.99. The number of non-ortho nitro benzene ring substituents is 1. The zero-order valence-corrected chi connectivity index (χ0v) is 11.6. The molecule has 0 bridgehead atoms. The van der Waals surface area contributed by atoms with Crippen LogP contribution in [0.4, 0.5) is 5.69 Å². The summed E-state index contributed by atoms with van der Waals surface area (Å²) in [5.74, 6) is 1.07. The second-order valence-electron chi connectivity index (χ2n) is 5.00. The molecular formula is C14H20N2O4. The molecule has 0 spiro atoms. The van der Waals surface area contributed by atoms with Crippen LogP contribution in [0.3, 0.4) is 0 Å². The van der Waals surface area contributed by atoms with Gasteiger partial charge in [0.2, 0.25) is 0 Å². The molecule has 0 atom stereocenters. The van der Waals surface area contributed by atoms with Gasteiger partial charge in [-0.1, -0.05) is 0 Å². The molecule has 1 fully saturated rings. The summed E-state index contributed by atoms with van der Waals surface area (Å²) in [6.45, 7) is 3.16. The van der Waals surface area contributed by atoms with Crippen molar-refractivity contribution < 1.29 is 14.4 Å². The van der Waals surface area contributed by atoms with Gasteiger partial charge in [0.05, 0.1) is 24.7 Å². The van der Waals surface area contributed by atoms with Crippen LogP contribution in [0.2, 0.25) is 0 Å². The van der Waals surface area contributed by atoms with Gasteiger partial charge in [-0.25, -0.2) is 0 Å². The number of nitrogens with zero attached hydrogens (tertiary/aromatic N) is 1. The van der Waals surface area contributed by atoms with Crippen molar-refractivity contribution in [3.05, 3.63) is 33.9 Å². The van der Waals surface area contributed by atoms with Crippen LogP contribution in [-0.2, 0) is 11.3 Å². The van der Waals surface area contributed by atoms with Crippen LogP contribution < -0.4 is 10.1 Å². The fourth-order valence-corrected chi connectivity index (χ4v) is 2.34. The highest BCUT2D eigenvalue weighted by Crippen LogP contribution is 2.23. The number of hydrogen-bond acceptors (Lipinski definition) is 5. The molecule has 6 nitrogen and oxygen atoms in total. The monoisotopic (exact) mass is 280 g/mol. The highest BCUT2D eigenvalue weighted by atomic mass is 16.6. The van der Waals surface area contributed by atoms with E-state index in [1.54, 1.807) is 6.07 Å². The number of nitro benzene ring substituents is 1. The van der Waals surface area contributed by atoms with E-state index < -0.39 is 4.92 Å². The molecule has 0 amide bonds. The second kappa shape index (κ2) is 7.21. The van der Waals surface area contributed by atoms with Crippen molar-refractivity contribution in [3.63, 3.8) is 0 Å². The largest absolute Gasteiger partial charge is 0.496 e. The van der Waals surface area contributed by atoms with E-state index in [2.05, 4.69) is 5.32 Å². The van der Waals surface area contributed by atoms with Crippen LogP contribution in [0, 0.1) is 16.0 Å². The first-order chi connectivity index (χ1) is 9.69. The minimum absolute atomic E-state index is 0.0322. The van der Waals surface area contributed by atoms with Gasteiger partial charge < -0.3 is 14.8 Å². The van der Waals surface area contributed by atoms with E-state index in [-0.39, 0.29) is 5.69 Å². The Bertz CT molecular complexity index is 458.